The zero-order valence-corrected chi connectivity index (χ0v) is 15.8. The molecule has 26 heavy (non-hydrogen) atoms. The largest absolute Gasteiger partial charge is 0.384 e. The molecule has 0 atom stereocenters. The molecule has 2 N–H and O–H groups in total. The van der Waals surface area contributed by atoms with Crippen LogP contribution in [0, 0.1) is 12.8 Å². The maximum atomic E-state index is 4.21. The molecule has 0 amide bonds. The van der Waals surface area contributed by atoms with Gasteiger partial charge in [-0.3, -0.25) is 0 Å². The normalized spacial score (nSPS) is 14.0. The Morgan fingerprint density at radius 3 is 2.42 bits per heavy atom. The van der Waals surface area contributed by atoms with Crippen molar-refractivity contribution in [2.24, 2.45) is 5.92 Å². The van der Waals surface area contributed by atoms with E-state index in [0.29, 0.717) is 5.92 Å². The van der Waals surface area contributed by atoms with Gasteiger partial charge in [0.25, 0.3) is 0 Å². The Morgan fingerprint density at radius 1 is 1.08 bits per heavy atom. The maximum absolute atomic E-state index is 4.21. The van der Waals surface area contributed by atoms with E-state index in [1.165, 1.54) is 29.5 Å². The molecule has 1 aliphatic rings. The predicted octanol–water partition coefficient (Wildman–Crippen LogP) is 6.04. The van der Waals surface area contributed by atoms with Crippen LogP contribution in [0.15, 0.2) is 79.2 Å². The first-order valence-corrected chi connectivity index (χ1v) is 9.25. The predicted molar refractivity (Wildman–Crippen MR) is 113 cm³/mol. The van der Waals surface area contributed by atoms with E-state index in [2.05, 4.69) is 92.2 Å². The van der Waals surface area contributed by atoms with Crippen molar-refractivity contribution in [3.63, 3.8) is 0 Å². The molecule has 134 valence electrons. The number of nitrogens with one attached hydrogen (secondary N) is 2. The van der Waals surface area contributed by atoms with Crippen molar-refractivity contribution in [2.45, 2.75) is 33.2 Å². The summed E-state index contributed by atoms with van der Waals surface area (Å²) >= 11 is 0. The van der Waals surface area contributed by atoms with E-state index in [0.717, 1.165) is 29.2 Å². The second-order valence-corrected chi connectivity index (χ2v) is 7.14. The second kappa shape index (κ2) is 8.09. The SMILES string of the molecule is C=C(/C=C(\C)NCc1ccc(NC(=C)C2CC2)cc1)c1ccccc1C. The number of rotatable bonds is 8. The Balaban J connectivity index is 1.53. The first-order chi connectivity index (χ1) is 12.5. The molecule has 0 bridgehead atoms. The summed E-state index contributed by atoms with van der Waals surface area (Å²) in [5, 5.41) is 6.88. The molecule has 2 aromatic rings. The van der Waals surface area contributed by atoms with Gasteiger partial charge in [0.1, 0.15) is 0 Å². The third-order valence-electron chi connectivity index (χ3n) is 4.78. The van der Waals surface area contributed by atoms with E-state index in [1.54, 1.807) is 0 Å². The van der Waals surface area contributed by atoms with Gasteiger partial charge in [0, 0.05) is 23.6 Å². The summed E-state index contributed by atoms with van der Waals surface area (Å²) in [6, 6.07) is 16.9. The Hall–Kier alpha value is -2.74. The number of hydrogen-bond acceptors (Lipinski definition) is 2. The Morgan fingerprint density at radius 2 is 1.77 bits per heavy atom. The third kappa shape index (κ3) is 4.89. The lowest BCUT2D eigenvalue weighted by molar-refractivity contribution is 0.812. The number of anilines is 1. The van der Waals surface area contributed by atoms with E-state index < -0.39 is 0 Å². The van der Waals surface area contributed by atoms with Gasteiger partial charge in [-0.2, -0.15) is 0 Å². The minimum Gasteiger partial charge on any atom is -0.384 e. The van der Waals surface area contributed by atoms with Gasteiger partial charge < -0.3 is 10.6 Å². The highest BCUT2D eigenvalue weighted by molar-refractivity contribution is 5.74. The molecule has 0 radical (unpaired) electrons. The van der Waals surface area contributed by atoms with Crippen LogP contribution in [0.4, 0.5) is 5.69 Å². The molecule has 2 nitrogen and oxygen atoms in total. The summed E-state index contributed by atoms with van der Waals surface area (Å²) < 4.78 is 0. The lowest BCUT2D eigenvalue weighted by atomic mass is 10.0. The van der Waals surface area contributed by atoms with Crippen LogP contribution >= 0.6 is 0 Å². The van der Waals surface area contributed by atoms with Gasteiger partial charge in [0.05, 0.1) is 0 Å². The van der Waals surface area contributed by atoms with E-state index in [1.807, 2.05) is 0 Å². The lowest BCUT2D eigenvalue weighted by Crippen LogP contribution is -2.10. The molecule has 1 fully saturated rings. The van der Waals surface area contributed by atoms with Crippen LogP contribution < -0.4 is 10.6 Å². The van der Waals surface area contributed by atoms with Crippen LogP contribution in [0.25, 0.3) is 5.57 Å². The van der Waals surface area contributed by atoms with Gasteiger partial charge in [0.15, 0.2) is 0 Å². The monoisotopic (exact) mass is 344 g/mol. The Kier molecular flexibility index (Phi) is 5.62. The number of benzene rings is 2. The highest BCUT2D eigenvalue weighted by Gasteiger charge is 2.24. The average molecular weight is 345 g/mol. The highest BCUT2D eigenvalue weighted by Crippen LogP contribution is 2.35. The smallest absolute Gasteiger partial charge is 0.0397 e. The maximum Gasteiger partial charge on any atom is 0.0397 e. The molecular formula is C24H28N2. The summed E-state index contributed by atoms with van der Waals surface area (Å²) in [6.07, 6.45) is 4.65. The van der Waals surface area contributed by atoms with Crippen molar-refractivity contribution in [3.05, 3.63) is 95.8 Å². The summed E-state index contributed by atoms with van der Waals surface area (Å²) in [4.78, 5) is 0. The number of hydrogen-bond donors (Lipinski definition) is 2. The fourth-order valence-electron chi connectivity index (χ4n) is 2.99. The first-order valence-electron chi connectivity index (χ1n) is 9.25. The molecule has 2 heteroatoms. The Bertz CT molecular complexity index is 824. The van der Waals surface area contributed by atoms with E-state index in [4.69, 9.17) is 0 Å². The van der Waals surface area contributed by atoms with Crippen molar-refractivity contribution in [1.29, 1.82) is 0 Å². The second-order valence-electron chi connectivity index (χ2n) is 7.14. The van der Waals surface area contributed by atoms with Gasteiger partial charge in [-0.05, 0) is 73.1 Å². The number of allylic oxidation sites excluding steroid dienone is 4. The molecule has 2 aromatic carbocycles. The van der Waals surface area contributed by atoms with Crippen molar-refractivity contribution in [2.75, 3.05) is 5.32 Å². The molecule has 0 spiro atoms. The highest BCUT2D eigenvalue weighted by atomic mass is 14.9. The van der Waals surface area contributed by atoms with E-state index in [9.17, 15) is 0 Å². The topological polar surface area (TPSA) is 24.1 Å². The fourth-order valence-corrected chi connectivity index (χ4v) is 2.99. The average Bonchev–Trinajstić information content (AvgIpc) is 3.46. The lowest BCUT2D eigenvalue weighted by Gasteiger charge is -2.11. The zero-order chi connectivity index (χ0) is 18.5. The minimum absolute atomic E-state index is 0.672. The fraction of sp³-hybridized carbons (Fsp3) is 0.250. The minimum atomic E-state index is 0.672. The molecule has 0 aliphatic heterocycles. The molecule has 0 unspecified atom stereocenters. The molecule has 0 saturated heterocycles. The molecule has 0 aromatic heterocycles. The summed E-state index contributed by atoms with van der Waals surface area (Å²) in [6.45, 7) is 13.3. The van der Waals surface area contributed by atoms with Gasteiger partial charge >= 0.3 is 0 Å². The van der Waals surface area contributed by atoms with Gasteiger partial charge in [0.2, 0.25) is 0 Å². The molecule has 1 aliphatic carbocycles. The zero-order valence-electron chi connectivity index (χ0n) is 15.8. The number of aryl methyl sites for hydroxylation is 1. The van der Waals surface area contributed by atoms with Crippen LogP contribution in [0.1, 0.15) is 36.5 Å². The van der Waals surface area contributed by atoms with Gasteiger partial charge in [-0.25, -0.2) is 0 Å². The van der Waals surface area contributed by atoms with Gasteiger partial charge in [-0.1, -0.05) is 49.6 Å². The van der Waals surface area contributed by atoms with Crippen molar-refractivity contribution >= 4 is 11.3 Å². The van der Waals surface area contributed by atoms with Gasteiger partial charge in [-0.15, -0.1) is 0 Å². The Labute approximate surface area is 157 Å². The molecule has 1 saturated carbocycles. The molecule has 0 heterocycles. The summed E-state index contributed by atoms with van der Waals surface area (Å²) in [7, 11) is 0. The van der Waals surface area contributed by atoms with E-state index in [-0.39, 0.29) is 0 Å². The first kappa shape index (κ1) is 18.1. The van der Waals surface area contributed by atoms with E-state index >= 15 is 0 Å². The van der Waals surface area contributed by atoms with Crippen LogP contribution in [0.3, 0.4) is 0 Å². The van der Waals surface area contributed by atoms with Crippen LogP contribution in [-0.2, 0) is 6.54 Å². The van der Waals surface area contributed by atoms with Crippen LogP contribution in [0.2, 0.25) is 0 Å². The van der Waals surface area contributed by atoms with Crippen LogP contribution in [0.5, 0.6) is 0 Å². The summed E-state index contributed by atoms with van der Waals surface area (Å²) in [5.74, 6) is 0.672. The quantitative estimate of drug-likeness (QED) is 0.571. The molecule has 3 rings (SSSR count). The summed E-state index contributed by atoms with van der Waals surface area (Å²) in [5.41, 5.74) is 8.10. The van der Waals surface area contributed by atoms with Crippen LogP contribution in [-0.4, -0.2) is 0 Å². The standard InChI is InChI=1S/C24H28N2/c1-17-7-5-6-8-24(17)18(2)15-19(3)25-16-21-9-13-23(14-10-21)26-20(4)22-11-12-22/h5-10,13-15,22,25-26H,2,4,11-12,16H2,1,3H3/b19-15+. The van der Waals surface area contributed by atoms with Crippen molar-refractivity contribution in [3.8, 4) is 0 Å². The molecular weight excluding hydrogens is 316 g/mol. The van der Waals surface area contributed by atoms with Crippen molar-refractivity contribution < 1.29 is 0 Å². The van der Waals surface area contributed by atoms with Crippen molar-refractivity contribution in [1.82, 2.24) is 5.32 Å². The third-order valence-corrected chi connectivity index (χ3v) is 4.78.